The molecule has 0 aliphatic heterocycles. The van der Waals surface area contributed by atoms with Gasteiger partial charge in [-0.05, 0) is 31.9 Å². The normalized spacial score (nSPS) is 13.0. The van der Waals surface area contributed by atoms with Crippen LogP contribution in [-0.2, 0) is 0 Å². The second kappa shape index (κ2) is 3.70. The van der Waals surface area contributed by atoms with Crippen molar-refractivity contribution in [3.8, 4) is 0 Å². The molecule has 1 aromatic rings. The Kier molecular flexibility index (Phi) is 2.84. The quantitative estimate of drug-likeness (QED) is 0.659. The summed E-state index contributed by atoms with van der Waals surface area (Å²) < 4.78 is 0. The van der Waals surface area contributed by atoms with Gasteiger partial charge in [-0.25, -0.2) is 0 Å². The van der Waals surface area contributed by atoms with E-state index in [1.54, 1.807) is 0 Å². The Labute approximate surface area is 73.2 Å². The highest BCUT2D eigenvalue weighted by Crippen LogP contribution is 2.17. The Bertz CT molecular complexity index is 271. The molecule has 2 N–H and O–H groups in total. The molecule has 0 aliphatic carbocycles. The molecule has 66 valence electrons. The number of hydroxylamine groups is 1. The van der Waals surface area contributed by atoms with Gasteiger partial charge in [0.2, 0.25) is 0 Å². The van der Waals surface area contributed by atoms with E-state index < -0.39 is 0 Å². The van der Waals surface area contributed by atoms with Crippen molar-refractivity contribution in [3.63, 3.8) is 0 Å². The first-order valence-electron chi connectivity index (χ1n) is 4.12. The summed E-state index contributed by atoms with van der Waals surface area (Å²) in [4.78, 5) is 0. The molecule has 0 saturated heterocycles. The molecule has 0 spiro atoms. The second-order valence-corrected chi connectivity index (χ2v) is 3.21. The zero-order chi connectivity index (χ0) is 9.14. The van der Waals surface area contributed by atoms with Crippen LogP contribution in [0.25, 0.3) is 0 Å². The summed E-state index contributed by atoms with van der Waals surface area (Å²) in [6, 6.07) is 6.21. The third-order valence-corrected chi connectivity index (χ3v) is 2.09. The highest BCUT2D eigenvalue weighted by molar-refractivity contribution is 5.32. The minimum Gasteiger partial charge on any atom is -0.316 e. The summed E-state index contributed by atoms with van der Waals surface area (Å²) in [5.41, 5.74) is 5.85. The van der Waals surface area contributed by atoms with Gasteiger partial charge in [0.25, 0.3) is 0 Å². The van der Waals surface area contributed by atoms with Gasteiger partial charge in [0.15, 0.2) is 0 Å². The van der Waals surface area contributed by atoms with E-state index in [1.807, 2.05) is 13.0 Å². The van der Waals surface area contributed by atoms with Crippen molar-refractivity contribution >= 4 is 0 Å². The molecule has 0 unspecified atom stereocenters. The van der Waals surface area contributed by atoms with Crippen molar-refractivity contribution in [3.05, 3.63) is 34.9 Å². The van der Waals surface area contributed by atoms with E-state index in [-0.39, 0.29) is 6.04 Å². The lowest BCUT2D eigenvalue weighted by molar-refractivity contribution is 0.133. The van der Waals surface area contributed by atoms with E-state index in [0.717, 1.165) is 5.56 Å². The van der Waals surface area contributed by atoms with Crippen LogP contribution in [0.1, 0.15) is 29.7 Å². The molecule has 1 rings (SSSR count). The van der Waals surface area contributed by atoms with Crippen LogP contribution >= 0.6 is 0 Å². The molecule has 0 amide bonds. The Morgan fingerprint density at radius 2 is 2.00 bits per heavy atom. The number of nitrogens with one attached hydrogen (secondary N) is 1. The zero-order valence-corrected chi connectivity index (χ0v) is 7.76. The maximum atomic E-state index is 8.73. The standard InChI is InChI=1S/C10H15NO/c1-7-4-5-10(8(2)6-7)9(3)11-12/h4-6,9,11-12H,1-3H3/t9-/m0/s1. The number of benzene rings is 1. The van der Waals surface area contributed by atoms with Crippen LogP contribution in [0, 0.1) is 13.8 Å². The van der Waals surface area contributed by atoms with Gasteiger partial charge in [-0.15, -0.1) is 0 Å². The van der Waals surface area contributed by atoms with E-state index in [0.29, 0.717) is 0 Å². The molecule has 1 atom stereocenters. The monoisotopic (exact) mass is 165 g/mol. The van der Waals surface area contributed by atoms with E-state index in [2.05, 4.69) is 31.5 Å². The first-order valence-corrected chi connectivity index (χ1v) is 4.12. The Morgan fingerprint density at radius 1 is 1.33 bits per heavy atom. The molecule has 0 aliphatic rings. The summed E-state index contributed by atoms with van der Waals surface area (Å²) in [5, 5.41) is 8.73. The number of aryl methyl sites for hydroxylation is 2. The highest BCUT2D eigenvalue weighted by Gasteiger charge is 2.05. The number of hydrogen-bond donors (Lipinski definition) is 2. The van der Waals surface area contributed by atoms with Crippen molar-refractivity contribution in [1.29, 1.82) is 0 Å². The second-order valence-electron chi connectivity index (χ2n) is 3.21. The molecule has 0 bridgehead atoms. The Morgan fingerprint density at radius 3 is 2.50 bits per heavy atom. The Balaban J connectivity index is 3.01. The average Bonchev–Trinajstić information content (AvgIpc) is 2.03. The van der Waals surface area contributed by atoms with Crippen LogP contribution in [0.3, 0.4) is 0 Å². The molecule has 0 aromatic heterocycles. The van der Waals surface area contributed by atoms with Crippen LogP contribution in [0.5, 0.6) is 0 Å². The lowest BCUT2D eigenvalue weighted by Gasteiger charge is -2.12. The molecule has 12 heavy (non-hydrogen) atoms. The van der Waals surface area contributed by atoms with Crippen molar-refractivity contribution in [2.75, 3.05) is 0 Å². The number of hydrogen-bond acceptors (Lipinski definition) is 2. The minimum atomic E-state index is 0.00519. The van der Waals surface area contributed by atoms with Gasteiger partial charge in [-0.1, -0.05) is 23.8 Å². The van der Waals surface area contributed by atoms with E-state index >= 15 is 0 Å². The Hall–Kier alpha value is -0.860. The van der Waals surface area contributed by atoms with Gasteiger partial charge < -0.3 is 5.21 Å². The predicted octanol–water partition coefficient (Wildman–Crippen LogP) is 2.34. The molecule has 0 radical (unpaired) electrons. The molecule has 2 heteroatoms. The maximum absolute atomic E-state index is 8.73. The average molecular weight is 165 g/mol. The van der Waals surface area contributed by atoms with Gasteiger partial charge >= 0.3 is 0 Å². The zero-order valence-electron chi connectivity index (χ0n) is 7.76. The summed E-state index contributed by atoms with van der Waals surface area (Å²) in [5.74, 6) is 0. The van der Waals surface area contributed by atoms with Gasteiger partial charge in [0, 0.05) is 0 Å². The SMILES string of the molecule is Cc1ccc([C@H](C)NO)c(C)c1. The molecular formula is C10H15NO. The fraction of sp³-hybridized carbons (Fsp3) is 0.400. The van der Waals surface area contributed by atoms with Crippen LogP contribution in [0.4, 0.5) is 0 Å². The van der Waals surface area contributed by atoms with Crippen LogP contribution < -0.4 is 5.48 Å². The molecule has 0 fully saturated rings. The van der Waals surface area contributed by atoms with Crippen LogP contribution in [0.2, 0.25) is 0 Å². The lowest BCUT2D eigenvalue weighted by Crippen LogP contribution is -2.14. The third kappa shape index (κ3) is 1.84. The first-order chi connectivity index (χ1) is 5.65. The number of rotatable bonds is 2. The summed E-state index contributed by atoms with van der Waals surface area (Å²) >= 11 is 0. The van der Waals surface area contributed by atoms with Crippen molar-refractivity contribution < 1.29 is 5.21 Å². The topological polar surface area (TPSA) is 32.3 Å². The van der Waals surface area contributed by atoms with Gasteiger partial charge in [-0.3, -0.25) is 0 Å². The smallest absolute Gasteiger partial charge is 0.0543 e. The third-order valence-electron chi connectivity index (χ3n) is 2.09. The maximum Gasteiger partial charge on any atom is 0.0543 e. The summed E-state index contributed by atoms with van der Waals surface area (Å²) in [6.45, 7) is 6.04. The molecule has 1 aromatic carbocycles. The predicted molar refractivity (Wildman–Crippen MR) is 49.3 cm³/mol. The van der Waals surface area contributed by atoms with Gasteiger partial charge in [0.05, 0.1) is 6.04 Å². The highest BCUT2D eigenvalue weighted by atomic mass is 16.5. The lowest BCUT2D eigenvalue weighted by atomic mass is 10.0. The molecular weight excluding hydrogens is 150 g/mol. The van der Waals surface area contributed by atoms with E-state index in [1.165, 1.54) is 11.1 Å². The van der Waals surface area contributed by atoms with E-state index in [9.17, 15) is 0 Å². The van der Waals surface area contributed by atoms with Crippen molar-refractivity contribution in [1.82, 2.24) is 5.48 Å². The van der Waals surface area contributed by atoms with Crippen molar-refractivity contribution in [2.24, 2.45) is 0 Å². The summed E-state index contributed by atoms with van der Waals surface area (Å²) in [6.07, 6.45) is 0. The fourth-order valence-corrected chi connectivity index (χ4v) is 1.38. The minimum absolute atomic E-state index is 0.00519. The van der Waals surface area contributed by atoms with Gasteiger partial charge in [-0.2, -0.15) is 5.48 Å². The van der Waals surface area contributed by atoms with Gasteiger partial charge in [0.1, 0.15) is 0 Å². The van der Waals surface area contributed by atoms with Crippen LogP contribution in [0.15, 0.2) is 18.2 Å². The molecule has 0 saturated carbocycles. The largest absolute Gasteiger partial charge is 0.316 e. The summed E-state index contributed by atoms with van der Waals surface area (Å²) in [7, 11) is 0. The molecule has 2 nitrogen and oxygen atoms in total. The van der Waals surface area contributed by atoms with E-state index in [4.69, 9.17) is 5.21 Å². The van der Waals surface area contributed by atoms with Crippen LogP contribution in [-0.4, -0.2) is 5.21 Å². The van der Waals surface area contributed by atoms with Crippen molar-refractivity contribution in [2.45, 2.75) is 26.8 Å². The fourth-order valence-electron chi connectivity index (χ4n) is 1.38. The molecule has 0 heterocycles. The first kappa shape index (κ1) is 9.23.